The van der Waals surface area contributed by atoms with Gasteiger partial charge >= 0.3 is 0 Å². The first-order chi connectivity index (χ1) is 8.99. The molecular formula is C12H14BrN3O3. The van der Waals surface area contributed by atoms with E-state index in [0.717, 1.165) is 13.1 Å². The third-order valence-corrected chi connectivity index (χ3v) is 3.84. The SMILES string of the molecule is CN1CCN(C(=O)c2ccc([N+](=O)[O-])cc2Br)CC1. The molecule has 19 heavy (non-hydrogen) atoms. The Balaban J connectivity index is 2.17. The number of halogens is 1. The van der Waals surface area contributed by atoms with Crippen molar-refractivity contribution in [2.75, 3.05) is 33.2 Å². The third kappa shape index (κ3) is 3.10. The molecule has 0 atom stereocenters. The Morgan fingerprint density at radius 3 is 2.47 bits per heavy atom. The van der Waals surface area contributed by atoms with Crippen LogP contribution in [-0.2, 0) is 0 Å². The fourth-order valence-corrected chi connectivity index (χ4v) is 2.51. The Morgan fingerprint density at radius 2 is 1.95 bits per heavy atom. The van der Waals surface area contributed by atoms with Crippen LogP contribution in [0, 0.1) is 10.1 Å². The normalized spacial score (nSPS) is 16.4. The van der Waals surface area contributed by atoms with Crippen molar-refractivity contribution in [2.45, 2.75) is 0 Å². The topological polar surface area (TPSA) is 66.7 Å². The zero-order valence-electron chi connectivity index (χ0n) is 10.5. The second-order valence-corrected chi connectivity index (χ2v) is 5.37. The monoisotopic (exact) mass is 327 g/mol. The third-order valence-electron chi connectivity index (χ3n) is 3.18. The number of likely N-dealkylation sites (N-methyl/N-ethyl adjacent to an activating group) is 1. The highest BCUT2D eigenvalue weighted by atomic mass is 79.9. The number of nitro benzene ring substituents is 1. The van der Waals surface area contributed by atoms with Crippen LogP contribution in [0.1, 0.15) is 10.4 Å². The summed E-state index contributed by atoms with van der Waals surface area (Å²) in [5, 5.41) is 10.7. The van der Waals surface area contributed by atoms with Crippen LogP contribution in [-0.4, -0.2) is 53.9 Å². The number of piperazine rings is 1. The van der Waals surface area contributed by atoms with Crippen LogP contribution in [0.15, 0.2) is 22.7 Å². The van der Waals surface area contributed by atoms with Gasteiger partial charge in [0.2, 0.25) is 0 Å². The van der Waals surface area contributed by atoms with E-state index in [2.05, 4.69) is 20.8 Å². The predicted octanol–water partition coefficient (Wildman–Crippen LogP) is 1.74. The van der Waals surface area contributed by atoms with E-state index >= 15 is 0 Å². The fourth-order valence-electron chi connectivity index (χ4n) is 1.97. The van der Waals surface area contributed by atoms with Gasteiger partial charge in [0.1, 0.15) is 0 Å². The van der Waals surface area contributed by atoms with Crippen molar-refractivity contribution in [3.8, 4) is 0 Å². The van der Waals surface area contributed by atoms with Gasteiger partial charge in [0.05, 0.1) is 10.5 Å². The van der Waals surface area contributed by atoms with Crippen LogP contribution in [0.5, 0.6) is 0 Å². The lowest BCUT2D eigenvalue weighted by atomic mass is 10.1. The molecule has 1 saturated heterocycles. The molecular weight excluding hydrogens is 314 g/mol. The molecule has 1 aliphatic rings. The number of rotatable bonds is 2. The summed E-state index contributed by atoms with van der Waals surface area (Å²) in [5.41, 5.74) is 0.442. The minimum atomic E-state index is -0.477. The number of non-ortho nitro benzene ring substituents is 1. The molecule has 102 valence electrons. The van der Waals surface area contributed by atoms with Gasteiger partial charge in [-0.2, -0.15) is 0 Å². The van der Waals surface area contributed by atoms with E-state index in [-0.39, 0.29) is 11.6 Å². The number of nitro groups is 1. The summed E-state index contributed by atoms with van der Waals surface area (Å²) in [6, 6.07) is 4.22. The minimum Gasteiger partial charge on any atom is -0.336 e. The fraction of sp³-hybridized carbons (Fsp3) is 0.417. The zero-order chi connectivity index (χ0) is 14.0. The molecule has 0 aliphatic carbocycles. The second-order valence-electron chi connectivity index (χ2n) is 4.52. The summed E-state index contributed by atoms with van der Waals surface area (Å²) in [7, 11) is 2.02. The molecule has 0 aromatic heterocycles. The summed E-state index contributed by atoms with van der Waals surface area (Å²) in [6.07, 6.45) is 0. The van der Waals surface area contributed by atoms with E-state index < -0.39 is 4.92 Å². The molecule has 1 amide bonds. The van der Waals surface area contributed by atoms with E-state index in [4.69, 9.17) is 0 Å². The van der Waals surface area contributed by atoms with Crippen molar-refractivity contribution in [3.63, 3.8) is 0 Å². The quantitative estimate of drug-likeness (QED) is 0.613. The number of hydrogen-bond acceptors (Lipinski definition) is 4. The lowest BCUT2D eigenvalue weighted by molar-refractivity contribution is -0.384. The van der Waals surface area contributed by atoms with Gasteiger partial charge < -0.3 is 9.80 Å². The van der Waals surface area contributed by atoms with Gasteiger partial charge in [0.15, 0.2) is 0 Å². The average Bonchev–Trinajstić information content (AvgIpc) is 2.38. The van der Waals surface area contributed by atoms with Gasteiger partial charge in [-0.25, -0.2) is 0 Å². The number of hydrogen-bond donors (Lipinski definition) is 0. The molecule has 1 aliphatic heterocycles. The van der Waals surface area contributed by atoms with Crippen molar-refractivity contribution in [2.24, 2.45) is 0 Å². The van der Waals surface area contributed by atoms with Crippen LogP contribution >= 0.6 is 15.9 Å². The van der Waals surface area contributed by atoms with Gasteiger partial charge in [-0.3, -0.25) is 14.9 Å². The Kier molecular flexibility index (Phi) is 4.16. The highest BCUT2D eigenvalue weighted by molar-refractivity contribution is 9.10. The smallest absolute Gasteiger partial charge is 0.270 e. The number of carbonyl (C=O) groups is 1. The lowest BCUT2D eigenvalue weighted by Gasteiger charge is -2.32. The van der Waals surface area contributed by atoms with Crippen LogP contribution in [0.25, 0.3) is 0 Å². The summed E-state index contributed by atoms with van der Waals surface area (Å²) in [5.74, 6) is -0.0881. The number of benzene rings is 1. The molecule has 1 aromatic carbocycles. The van der Waals surface area contributed by atoms with Gasteiger partial charge in [0.25, 0.3) is 11.6 Å². The van der Waals surface area contributed by atoms with E-state index in [1.165, 1.54) is 18.2 Å². The molecule has 6 nitrogen and oxygen atoms in total. The maximum absolute atomic E-state index is 12.3. The summed E-state index contributed by atoms with van der Waals surface area (Å²) >= 11 is 3.23. The molecule has 0 bridgehead atoms. The van der Waals surface area contributed by atoms with Crippen molar-refractivity contribution in [1.29, 1.82) is 0 Å². The molecule has 7 heteroatoms. The number of nitrogens with zero attached hydrogens (tertiary/aromatic N) is 3. The highest BCUT2D eigenvalue weighted by Gasteiger charge is 2.23. The van der Waals surface area contributed by atoms with Crippen LogP contribution in [0.2, 0.25) is 0 Å². The summed E-state index contributed by atoms with van der Waals surface area (Å²) in [6.45, 7) is 3.05. The number of carbonyl (C=O) groups excluding carboxylic acids is 1. The molecule has 0 radical (unpaired) electrons. The summed E-state index contributed by atoms with van der Waals surface area (Å²) < 4.78 is 0.464. The van der Waals surface area contributed by atoms with Gasteiger partial charge in [-0.15, -0.1) is 0 Å². The van der Waals surface area contributed by atoms with Gasteiger partial charge in [0, 0.05) is 42.8 Å². The van der Waals surface area contributed by atoms with Crippen molar-refractivity contribution in [1.82, 2.24) is 9.80 Å². The molecule has 0 spiro atoms. The van der Waals surface area contributed by atoms with E-state index in [0.29, 0.717) is 23.1 Å². The van der Waals surface area contributed by atoms with Crippen LogP contribution in [0.4, 0.5) is 5.69 Å². The van der Waals surface area contributed by atoms with E-state index in [1.54, 1.807) is 4.90 Å². The van der Waals surface area contributed by atoms with E-state index in [9.17, 15) is 14.9 Å². The maximum Gasteiger partial charge on any atom is 0.270 e. The van der Waals surface area contributed by atoms with Gasteiger partial charge in [-0.1, -0.05) is 0 Å². The second kappa shape index (κ2) is 5.66. The molecule has 0 unspecified atom stereocenters. The Hall–Kier alpha value is -1.47. The van der Waals surface area contributed by atoms with Gasteiger partial charge in [-0.05, 0) is 29.0 Å². The zero-order valence-corrected chi connectivity index (χ0v) is 12.1. The molecule has 0 saturated carbocycles. The number of amides is 1. The Morgan fingerprint density at radius 1 is 1.32 bits per heavy atom. The van der Waals surface area contributed by atoms with Crippen molar-refractivity contribution >= 4 is 27.5 Å². The van der Waals surface area contributed by atoms with Crippen LogP contribution in [0.3, 0.4) is 0 Å². The minimum absolute atomic E-state index is 0.0261. The standard InChI is InChI=1S/C12H14BrN3O3/c1-14-4-6-15(7-5-14)12(17)10-3-2-9(16(18)19)8-11(10)13/h2-3,8H,4-7H2,1H3. The molecule has 1 heterocycles. The predicted molar refractivity (Wildman–Crippen MR) is 74.2 cm³/mol. The lowest BCUT2D eigenvalue weighted by Crippen LogP contribution is -2.47. The largest absolute Gasteiger partial charge is 0.336 e. The first kappa shape index (κ1) is 14.0. The first-order valence-corrected chi connectivity index (χ1v) is 6.70. The molecule has 2 rings (SSSR count). The highest BCUT2D eigenvalue weighted by Crippen LogP contribution is 2.24. The first-order valence-electron chi connectivity index (χ1n) is 5.91. The maximum atomic E-state index is 12.3. The van der Waals surface area contributed by atoms with Crippen LogP contribution < -0.4 is 0 Å². The average molecular weight is 328 g/mol. The molecule has 1 fully saturated rings. The molecule has 0 N–H and O–H groups in total. The molecule has 1 aromatic rings. The van der Waals surface area contributed by atoms with Crippen molar-refractivity contribution in [3.05, 3.63) is 38.3 Å². The Bertz CT molecular complexity index is 513. The summed E-state index contributed by atoms with van der Waals surface area (Å²) in [4.78, 5) is 26.4. The van der Waals surface area contributed by atoms with E-state index in [1.807, 2.05) is 7.05 Å². The van der Waals surface area contributed by atoms with Crippen molar-refractivity contribution < 1.29 is 9.72 Å². The Labute approximate surface area is 119 Å².